The number of nitrogens with two attached hydrogens (primary N) is 1. The normalized spacial score (nSPS) is 20.7. The molecule has 2 rings (SSSR count). The molecule has 1 aromatic heterocycles. The van der Waals surface area contributed by atoms with Crippen LogP contribution in [0, 0.1) is 4.77 Å². The maximum Gasteiger partial charge on any atom is 0.224 e. The topological polar surface area (TPSA) is 76.8 Å². The standard InChI is InChI=1S/C9H14N4OS/c10-8-11-7(12-9(15)13-8)4-3-6-2-1-5-14-6/h6H,1-5H2,(H3,10,11,12,13,15). The molecule has 0 radical (unpaired) electrons. The van der Waals surface area contributed by atoms with E-state index in [9.17, 15) is 0 Å². The van der Waals surface area contributed by atoms with Crippen LogP contribution >= 0.6 is 12.2 Å². The predicted octanol–water partition coefficient (Wildman–Crippen LogP) is 1.23. The van der Waals surface area contributed by atoms with Gasteiger partial charge in [-0.05, 0) is 31.5 Å². The quantitative estimate of drug-likeness (QED) is 0.758. The van der Waals surface area contributed by atoms with Crippen molar-refractivity contribution in [3.63, 3.8) is 0 Å². The van der Waals surface area contributed by atoms with Gasteiger partial charge in [-0.2, -0.15) is 4.98 Å². The van der Waals surface area contributed by atoms with Crippen LogP contribution < -0.4 is 5.73 Å². The summed E-state index contributed by atoms with van der Waals surface area (Å²) in [6.07, 6.45) is 4.43. The number of H-pyrrole nitrogens is 1. The van der Waals surface area contributed by atoms with E-state index in [0.29, 0.717) is 16.8 Å². The number of aromatic nitrogens is 3. The van der Waals surface area contributed by atoms with Gasteiger partial charge in [-0.3, -0.25) is 0 Å². The van der Waals surface area contributed by atoms with Gasteiger partial charge in [-0.15, -0.1) is 0 Å². The lowest BCUT2D eigenvalue weighted by Gasteiger charge is -2.08. The Kier molecular flexibility index (Phi) is 3.27. The summed E-state index contributed by atoms with van der Waals surface area (Å²) < 4.78 is 5.82. The fourth-order valence-electron chi connectivity index (χ4n) is 1.74. The number of aryl methyl sites for hydroxylation is 1. The molecule has 1 aliphatic heterocycles. The molecular weight excluding hydrogens is 212 g/mol. The van der Waals surface area contributed by atoms with Crippen molar-refractivity contribution in [3.05, 3.63) is 10.6 Å². The van der Waals surface area contributed by atoms with Crippen LogP contribution in [0.5, 0.6) is 0 Å². The fraction of sp³-hybridized carbons (Fsp3) is 0.667. The van der Waals surface area contributed by atoms with Gasteiger partial charge in [0.15, 0.2) is 0 Å². The number of nitrogen functional groups attached to an aromatic ring is 1. The second-order valence-corrected chi connectivity index (χ2v) is 4.00. The number of nitrogens with zero attached hydrogens (tertiary/aromatic N) is 2. The summed E-state index contributed by atoms with van der Waals surface area (Å²) in [7, 11) is 0. The molecule has 15 heavy (non-hydrogen) atoms. The van der Waals surface area contributed by atoms with E-state index in [2.05, 4.69) is 15.0 Å². The molecule has 1 saturated heterocycles. The average Bonchev–Trinajstić information content (AvgIpc) is 2.65. The smallest absolute Gasteiger partial charge is 0.224 e. The first-order valence-electron chi connectivity index (χ1n) is 5.08. The van der Waals surface area contributed by atoms with Crippen LogP contribution in [0.4, 0.5) is 5.95 Å². The zero-order valence-corrected chi connectivity index (χ0v) is 9.22. The van der Waals surface area contributed by atoms with Gasteiger partial charge < -0.3 is 15.5 Å². The van der Waals surface area contributed by atoms with Crippen molar-refractivity contribution in [1.29, 1.82) is 0 Å². The number of aromatic amines is 1. The first-order chi connectivity index (χ1) is 7.24. The van der Waals surface area contributed by atoms with Gasteiger partial charge in [0.1, 0.15) is 5.82 Å². The molecule has 1 unspecified atom stereocenters. The van der Waals surface area contributed by atoms with Gasteiger partial charge in [-0.1, -0.05) is 0 Å². The van der Waals surface area contributed by atoms with E-state index >= 15 is 0 Å². The van der Waals surface area contributed by atoms with Crippen molar-refractivity contribution in [3.8, 4) is 0 Å². The van der Waals surface area contributed by atoms with E-state index < -0.39 is 0 Å². The fourth-order valence-corrected chi connectivity index (χ4v) is 1.94. The lowest BCUT2D eigenvalue weighted by molar-refractivity contribution is 0.104. The molecule has 0 bridgehead atoms. The number of nitrogens with one attached hydrogen (secondary N) is 1. The second-order valence-electron chi connectivity index (χ2n) is 3.64. The molecule has 0 spiro atoms. The third kappa shape index (κ3) is 2.97. The molecule has 82 valence electrons. The molecule has 1 atom stereocenters. The Morgan fingerprint density at radius 2 is 2.40 bits per heavy atom. The van der Waals surface area contributed by atoms with Crippen molar-refractivity contribution >= 4 is 18.2 Å². The molecule has 2 heterocycles. The molecule has 1 aliphatic rings. The highest BCUT2D eigenvalue weighted by molar-refractivity contribution is 7.71. The molecule has 6 heteroatoms. The number of anilines is 1. The average molecular weight is 226 g/mol. The first kappa shape index (κ1) is 10.5. The Labute approximate surface area is 93.1 Å². The number of hydrogen-bond acceptors (Lipinski definition) is 5. The molecule has 3 N–H and O–H groups in total. The highest BCUT2D eigenvalue weighted by Gasteiger charge is 2.15. The minimum atomic E-state index is 0.300. The lowest BCUT2D eigenvalue weighted by atomic mass is 10.1. The largest absolute Gasteiger partial charge is 0.378 e. The maximum absolute atomic E-state index is 5.54. The van der Waals surface area contributed by atoms with Crippen LogP contribution in [0.3, 0.4) is 0 Å². The molecular formula is C9H14N4OS. The van der Waals surface area contributed by atoms with E-state index in [1.807, 2.05) is 0 Å². The molecule has 1 fully saturated rings. The summed E-state index contributed by atoms with van der Waals surface area (Å²) in [5, 5.41) is 0. The van der Waals surface area contributed by atoms with E-state index in [-0.39, 0.29) is 0 Å². The van der Waals surface area contributed by atoms with Crippen LogP contribution in [0.2, 0.25) is 0 Å². The molecule has 0 amide bonds. The van der Waals surface area contributed by atoms with Gasteiger partial charge in [0.05, 0.1) is 6.10 Å². The van der Waals surface area contributed by atoms with Gasteiger partial charge in [-0.25, -0.2) is 4.98 Å². The number of ether oxygens (including phenoxy) is 1. The molecule has 1 aromatic rings. The van der Waals surface area contributed by atoms with Crippen molar-refractivity contribution in [1.82, 2.24) is 15.0 Å². The Morgan fingerprint density at radius 1 is 1.53 bits per heavy atom. The van der Waals surface area contributed by atoms with Crippen molar-refractivity contribution in [2.45, 2.75) is 31.8 Å². The molecule has 5 nitrogen and oxygen atoms in total. The van der Waals surface area contributed by atoms with Gasteiger partial charge >= 0.3 is 0 Å². The maximum atomic E-state index is 5.54. The Balaban J connectivity index is 1.95. The monoisotopic (exact) mass is 226 g/mol. The Morgan fingerprint density at radius 3 is 3.07 bits per heavy atom. The zero-order valence-electron chi connectivity index (χ0n) is 8.40. The predicted molar refractivity (Wildman–Crippen MR) is 58.9 cm³/mol. The third-order valence-corrected chi connectivity index (χ3v) is 2.63. The molecule has 0 aromatic carbocycles. The van der Waals surface area contributed by atoms with E-state index in [0.717, 1.165) is 38.1 Å². The summed E-state index contributed by atoms with van der Waals surface area (Å²) in [6.45, 7) is 0.882. The summed E-state index contributed by atoms with van der Waals surface area (Å²) in [5.74, 6) is 1.13. The van der Waals surface area contributed by atoms with Gasteiger partial charge in [0.2, 0.25) is 10.7 Å². The number of rotatable bonds is 3. The highest BCUT2D eigenvalue weighted by atomic mass is 32.1. The van der Waals surface area contributed by atoms with Crippen LogP contribution in [0.15, 0.2) is 0 Å². The minimum Gasteiger partial charge on any atom is -0.378 e. The summed E-state index contributed by atoms with van der Waals surface area (Å²) in [6, 6.07) is 0. The van der Waals surface area contributed by atoms with Crippen LogP contribution in [-0.2, 0) is 11.2 Å². The Hall–Kier alpha value is -1.01. The van der Waals surface area contributed by atoms with Crippen LogP contribution in [-0.4, -0.2) is 27.7 Å². The molecule has 0 saturated carbocycles. The Bertz CT molecular complexity index is 386. The minimum absolute atomic E-state index is 0.300. The zero-order chi connectivity index (χ0) is 10.7. The van der Waals surface area contributed by atoms with Crippen LogP contribution in [0.1, 0.15) is 25.1 Å². The SMILES string of the molecule is Nc1nc(=S)nc(CCC2CCCO2)[nH]1. The lowest BCUT2D eigenvalue weighted by Crippen LogP contribution is -2.09. The highest BCUT2D eigenvalue weighted by Crippen LogP contribution is 2.16. The van der Waals surface area contributed by atoms with E-state index in [1.165, 1.54) is 0 Å². The van der Waals surface area contributed by atoms with Gasteiger partial charge in [0, 0.05) is 13.0 Å². The van der Waals surface area contributed by atoms with Crippen LogP contribution in [0.25, 0.3) is 0 Å². The van der Waals surface area contributed by atoms with Crippen molar-refractivity contribution in [2.75, 3.05) is 12.3 Å². The second kappa shape index (κ2) is 4.67. The first-order valence-corrected chi connectivity index (χ1v) is 5.49. The third-order valence-electron chi connectivity index (χ3n) is 2.45. The van der Waals surface area contributed by atoms with Gasteiger partial charge in [0.25, 0.3) is 0 Å². The van der Waals surface area contributed by atoms with Crippen molar-refractivity contribution < 1.29 is 4.74 Å². The van der Waals surface area contributed by atoms with Crippen molar-refractivity contribution in [2.24, 2.45) is 0 Å². The number of hydrogen-bond donors (Lipinski definition) is 2. The summed E-state index contributed by atoms with van der Waals surface area (Å²) in [5.41, 5.74) is 5.54. The summed E-state index contributed by atoms with van der Waals surface area (Å²) in [4.78, 5) is 10.8. The van der Waals surface area contributed by atoms with E-state index in [4.69, 9.17) is 22.7 Å². The molecule has 0 aliphatic carbocycles. The summed E-state index contributed by atoms with van der Waals surface area (Å²) >= 11 is 4.88. The van der Waals surface area contributed by atoms with E-state index in [1.54, 1.807) is 0 Å².